The Labute approximate surface area is 147 Å². The molecule has 25 heavy (non-hydrogen) atoms. The minimum atomic E-state index is -0.318. The number of methoxy groups -OCH3 is 2. The van der Waals surface area contributed by atoms with Gasteiger partial charge in [0.05, 0.1) is 26.5 Å². The van der Waals surface area contributed by atoms with Crippen LogP contribution < -0.4 is 19.6 Å². The summed E-state index contributed by atoms with van der Waals surface area (Å²) in [6.45, 7) is 3.89. The van der Waals surface area contributed by atoms with E-state index in [-0.39, 0.29) is 12.0 Å². The van der Waals surface area contributed by atoms with Crippen LogP contribution in [0.15, 0.2) is 47.6 Å². The zero-order valence-electron chi connectivity index (χ0n) is 14.8. The number of rotatable bonds is 7. The van der Waals surface area contributed by atoms with Crippen LogP contribution in [-0.2, 0) is 0 Å². The van der Waals surface area contributed by atoms with Crippen molar-refractivity contribution in [2.24, 2.45) is 5.10 Å². The molecule has 2 aromatic carbocycles. The fraction of sp³-hybridized carbons (Fsp3) is 0.263. The molecular formula is C19H22N2O4. The molecule has 0 spiro atoms. The average molecular weight is 342 g/mol. The number of benzene rings is 2. The molecule has 0 unspecified atom stereocenters. The first-order valence-corrected chi connectivity index (χ1v) is 7.85. The van der Waals surface area contributed by atoms with E-state index in [1.54, 1.807) is 50.8 Å². The van der Waals surface area contributed by atoms with Crippen LogP contribution >= 0.6 is 0 Å². The van der Waals surface area contributed by atoms with Crippen LogP contribution in [0.2, 0.25) is 0 Å². The number of ether oxygens (including phenoxy) is 3. The maximum Gasteiger partial charge on any atom is 0.271 e. The van der Waals surface area contributed by atoms with E-state index in [0.29, 0.717) is 22.8 Å². The zero-order chi connectivity index (χ0) is 18.2. The van der Waals surface area contributed by atoms with Gasteiger partial charge in [0.15, 0.2) is 11.5 Å². The van der Waals surface area contributed by atoms with Gasteiger partial charge in [0.2, 0.25) is 0 Å². The molecule has 132 valence electrons. The van der Waals surface area contributed by atoms with E-state index in [4.69, 9.17) is 14.2 Å². The van der Waals surface area contributed by atoms with E-state index >= 15 is 0 Å². The summed E-state index contributed by atoms with van der Waals surface area (Å²) < 4.78 is 16.1. The molecule has 0 aliphatic rings. The minimum Gasteiger partial charge on any atom is -0.497 e. The summed E-state index contributed by atoms with van der Waals surface area (Å²) in [5.74, 6) is 1.57. The summed E-state index contributed by atoms with van der Waals surface area (Å²) in [7, 11) is 3.13. The average Bonchev–Trinajstić information content (AvgIpc) is 2.62. The highest BCUT2D eigenvalue weighted by Gasteiger charge is 2.07. The molecule has 0 saturated heterocycles. The van der Waals surface area contributed by atoms with Crippen LogP contribution in [-0.4, -0.2) is 32.4 Å². The van der Waals surface area contributed by atoms with Crippen molar-refractivity contribution >= 4 is 12.1 Å². The summed E-state index contributed by atoms with van der Waals surface area (Å²) in [6, 6.07) is 12.3. The molecule has 0 saturated carbocycles. The van der Waals surface area contributed by atoms with Crippen molar-refractivity contribution in [1.29, 1.82) is 0 Å². The van der Waals surface area contributed by atoms with Gasteiger partial charge in [-0.3, -0.25) is 4.79 Å². The number of carbonyl (C=O) groups is 1. The lowest BCUT2D eigenvalue weighted by Crippen LogP contribution is -2.17. The van der Waals surface area contributed by atoms with E-state index in [1.165, 1.54) is 0 Å². The lowest BCUT2D eigenvalue weighted by molar-refractivity contribution is 0.0955. The summed E-state index contributed by atoms with van der Waals surface area (Å²) >= 11 is 0. The van der Waals surface area contributed by atoms with Crippen molar-refractivity contribution in [3.05, 3.63) is 53.6 Å². The third-order valence-electron chi connectivity index (χ3n) is 3.26. The van der Waals surface area contributed by atoms with Crippen LogP contribution in [0, 0.1) is 0 Å². The lowest BCUT2D eigenvalue weighted by atomic mass is 10.2. The van der Waals surface area contributed by atoms with Crippen LogP contribution in [0.4, 0.5) is 0 Å². The Hall–Kier alpha value is -3.02. The van der Waals surface area contributed by atoms with Crippen molar-refractivity contribution in [2.75, 3.05) is 14.2 Å². The van der Waals surface area contributed by atoms with E-state index in [9.17, 15) is 4.79 Å². The van der Waals surface area contributed by atoms with Crippen LogP contribution in [0.25, 0.3) is 0 Å². The Morgan fingerprint density at radius 3 is 2.56 bits per heavy atom. The van der Waals surface area contributed by atoms with Gasteiger partial charge < -0.3 is 14.2 Å². The van der Waals surface area contributed by atoms with Crippen molar-refractivity contribution in [1.82, 2.24) is 5.43 Å². The number of hydrazone groups is 1. The normalized spacial score (nSPS) is 10.8. The Kier molecular flexibility index (Phi) is 6.39. The van der Waals surface area contributed by atoms with Gasteiger partial charge in [-0.15, -0.1) is 0 Å². The number of amides is 1. The first kappa shape index (κ1) is 18.3. The molecular weight excluding hydrogens is 320 g/mol. The second-order valence-electron chi connectivity index (χ2n) is 5.51. The molecule has 0 bridgehead atoms. The summed E-state index contributed by atoms with van der Waals surface area (Å²) in [6.07, 6.45) is 1.59. The Bertz CT molecular complexity index is 757. The second-order valence-corrected chi connectivity index (χ2v) is 5.51. The maximum absolute atomic E-state index is 12.1. The topological polar surface area (TPSA) is 69.2 Å². The summed E-state index contributed by atoms with van der Waals surface area (Å²) in [5.41, 5.74) is 3.73. The third kappa shape index (κ3) is 5.24. The van der Waals surface area contributed by atoms with Gasteiger partial charge in [0, 0.05) is 5.56 Å². The monoisotopic (exact) mass is 342 g/mol. The molecule has 0 fully saturated rings. The van der Waals surface area contributed by atoms with Gasteiger partial charge in [0.25, 0.3) is 5.91 Å². The predicted octanol–water partition coefficient (Wildman–Crippen LogP) is 3.25. The number of nitrogens with one attached hydrogen (secondary N) is 1. The minimum absolute atomic E-state index is 0.0515. The lowest BCUT2D eigenvalue weighted by Gasteiger charge is -2.13. The highest BCUT2D eigenvalue weighted by atomic mass is 16.5. The molecule has 2 rings (SSSR count). The fourth-order valence-corrected chi connectivity index (χ4v) is 2.11. The van der Waals surface area contributed by atoms with E-state index < -0.39 is 0 Å². The van der Waals surface area contributed by atoms with E-state index in [1.807, 2.05) is 26.0 Å². The molecule has 1 amide bonds. The van der Waals surface area contributed by atoms with Gasteiger partial charge >= 0.3 is 0 Å². The number of carbonyl (C=O) groups excluding carboxylic acids is 1. The Morgan fingerprint density at radius 2 is 1.88 bits per heavy atom. The first-order valence-electron chi connectivity index (χ1n) is 7.85. The van der Waals surface area contributed by atoms with E-state index in [2.05, 4.69) is 10.5 Å². The summed E-state index contributed by atoms with van der Waals surface area (Å²) in [5, 5.41) is 3.98. The molecule has 0 heterocycles. The molecule has 6 heteroatoms. The van der Waals surface area contributed by atoms with E-state index in [0.717, 1.165) is 5.56 Å². The van der Waals surface area contributed by atoms with Gasteiger partial charge in [-0.25, -0.2) is 5.43 Å². The molecule has 0 radical (unpaired) electrons. The first-order chi connectivity index (χ1) is 12.0. The maximum atomic E-state index is 12.1. The Balaban J connectivity index is 2.04. The van der Waals surface area contributed by atoms with Gasteiger partial charge in [-0.2, -0.15) is 5.10 Å². The van der Waals surface area contributed by atoms with Crippen LogP contribution in [0.3, 0.4) is 0 Å². The number of hydrogen-bond donors (Lipinski definition) is 1. The van der Waals surface area contributed by atoms with Crippen molar-refractivity contribution < 1.29 is 19.0 Å². The highest BCUT2D eigenvalue weighted by Crippen LogP contribution is 2.28. The predicted molar refractivity (Wildman–Crippen MR) is 96.8 cm³/mol. The molecule has 0 aliphatic heterocycles. The highest BCUT2D eigenvalue weighted by molar-refractivity contribution is 5.95. The van der Waals surface area contributed by atoms with Crippen molar-refractivity contribution in [3.8, 4) is 17.2 Å². The van der Waals surface area contributed by atoms with Gasteiger partial charge in [-0.05, 0) is 55.8 Å². The Morgan fingerprint density at radius 1 is 1.08 bits per heavy atom. The molecule has 0 aromatic heterocycles. The molecule has 0 atom stereocenters. The molecule has 0 aliphatic carbocycles. The van der Waals surface area contributed by atoms with Gasteiger partial charge in [-0.1, -0.05) is 6.07 Å². The van der Waals surface area contributed by atoms with Crippen LogP contribution in [0.1, 0.15) is 29.8 Å². The van der Waals surface area contributed by atoms with Crippen LogP contribution in [0.5, 0.6) is 17.2 Å². The van der Waals surface area contributed by atoms with Crippen molar-refractivity contribution in [2.45, 2.75) is 20.0 Å². The quantitative estimate of drug-likeness (QED) is 0.619. The number of nitrogens with zero attached hydrogens (tertiary/aromatic N) is 1. The SMILES string of the molecule is COc1cccc(C(=O)N/N=C/c2ccc(OC(C)C)c(OC)c2)c1. The smallest absolute Gasteiger partial charge is 0.271 e. The molecule has 1 N–H and O–H groups in total. The standard InChI is InChI=1S/C19H22N2O4/c1-13(2)25-17-9-8-14(10-18(17)24-4)12-20-21-19(22)15-6-5-7-16(11-15)23-3/h5-13H,1-4H3,(H,21,22)/b20-12+. The number of hydrogen-bond acceptors (Lipinski definition) is 5. The second kappa shape index (κ2) is 8.73. The molecule has 2 aromatic rings. The third-order valence-corrected chi connectivity index (χ3v) is 3.26. The zero-order valence-corrected chi connectivity index (χ0v) is 14.8. The summed E-state index contributed by atoms with van der Waals surface area (Å²) in [4.78, 5) is 12.1. The van der Waals surface area contributed by atoms with Crippen molar-refractivity contribution in [3.63, 3.8) is 0 Å². The molecule has 6 nitrogen and oxygen atoms in total. The fourth-order valence-electron chi connectivity index (χ4n) is 2.11. The largest absolute Gasteiger partial charge is 0.497 e. The van der Waals surface area contributed by atoms with Gasteiger partial charge in [0.1, 0.15) is 5.75 Å².